The molecule has 2 saturated heterocycles. The third kappa shape index (κ3) is 3.33. The number of nitrogens with zero attached hydrogens (tertiary/aromatic N) is 1. The number of aromatic nitrogens is 1. The van der Waals surface area contributed by atoms with Gasteiger partial charge < -0.3 is 15.2 Å². The number of pyridine rings is 1. The molecule has 0 spiro atoms. The van der Waals surface area contributed by atoms with Gasteiger partial charge in [0.1, 0.15) is 0 Å². The number of halogens is 2. The Morgan fingerprint density at radius 3 is 2.74 bits per heavy atom. The standard InChI is InChI=1S/C20H20F2N2O3/c1-20(21,22)12-3-2-4-13(9-12)24-19(26)17-15-10-14(25)18(27-15)16(17)11-5-7-23-8-6-11/h2-9,14-18,25H,10H2,1H3,(H,24,26)/t14-,15+,16+,17+,18-/m0/s1. The minimum Gasteiger partial charge on any atom is -0.390 e. The molecule has 1 amide bonds. The Hall–Kier alpha value is -2.38. The van der Waals surface area contributed by atoms with Crippen molar-refractivity contribution < 1.29 is 23.4 Å². The molecule has 1 aromatic carbocycles. The lowest BCUT2D eigenvalue weighted by molar-refractivity contribution is -0.121. The highest BCUT2D eigenvalue weighted by Crippen LogP contribution is 2.49. The maximum Gasteiger partial charge on any atom is 0.270 e. The fourth-order valence-corrected chi connectivity index (χ4v) is 4.12. The van der Waals surface area contributed by atoms with Gasteiger partial charge in [0, 0.05) is 42.9 Å². The van der Waals surface area contributed by atoms with Crippen LogP contribution in [0.1, 0.15) is 30.4 Å². The number of anilines is 1. The highest BCUT2D eigenvalue weighted by atomic mass is 19.3. The van der Waals surface area contributed by atoms with Crippen molar-refractivity contribution in [2.45, 2.75) is 43.5 Å². The van der Waals surface area contributed by atoms with E-state index in [1.165, 1.54) is 18.2 Å². The minimum absolute atomic E-state index is 0.161. The number of alkyl halides is 2. The first kappa shape index (κ1) is 18.0. The lowest BCUT2D eigenvalue weighted by Gasteiger charge is -2.30. The zero-order valence-corrected chi connectivity index (χ0v) is 14.7. The molecule has 4 rings (SSSR count). The fourth-order valence-electron chi connectivity index (χ4n) is 4.12. The van der Waals surface area contributed by atoms with E-state index in [1.54, 1.807) is 30.6 Å². The Balaban J connectivity index is 1.59. The summed E-state index contributed by atoms with van der Waals surface area (Å²) in [5, 5.41) is 13.0. The number of aliphatic hydroxyl groups is 1. The van der Waals surface area contributed by atoms with Crippen molar-refractivity contribution in [1.29, 1.82) is 0 Å². The summed E-state index contributed by atoms with van der Waals surface area (Å²) in [4.78, 5) is 17.0. The van der Waals surface area contributed by atoms with Crippen LogP contribution < -0.4 is 5.32 Å². The van der Waals surface area contributed by atoms with Crippen molar-refractivity contribution in [3.8, 4) is 0 Å². The summed E-state index contributed by atoms with van der Waals surface area (Å²) in [7, 11) is 0. The van der Waals surface area contributed by atoms with Gasteiger partial charge in [0.05, 0.1) is 24.2 Å². The Labute approximate surface area is 155 Å². The first-order valence-electron chi connectivity index (χ1n) is 8.87. The number of benzene rings is 1. The van der Waals surface area contributed by atoms with Gasteiger partial charge >= 0.3 is 0 Å². The predicted octanol–water partition coefficient (Wildman–Crippen LogP) is 3.06. The Kier molecular flexibility index (Phi) is 4.44. The molecule has 2 bridgehead atoms. The molecule has 2 fully saturated rings. The highest BCUT2D eigenvalue weighted by molar-refractivity contribution is 5.94. The molecule has 5 atom stereocenters. The SMILES string of the molecule is CC(F)(F)c1cccc(NC(=O)[C@H]2[C@@H](c3ccncc3)[C@H]3O[C@@H]2C[C@@H]3O)c1. The molecule has 2 aliphatic heterocycles. The molecule has 0 radical (unpaired) electrons. The van der Waals surface area contributed by atoms with Crippen LogP contribution in [-0.4, -0.2) is 34.3 Å². The van der Waals surface area contributed by atoms with Gasteiger partial charge in [-0.15, -0.1) is 0 Å². The molecule has 5 nitrogen and oxygen atoms in total. The van der Waals surface area contributed by atoms with E-state index < -0.39 is 30.2 Å². The van der Waals surface area contributed by atoms with Gasteiger partial charge in [-0.25, -0.2) is 8.78 Å². The second-order valence-electron chi connectivity index (χ2n) is 7.23. The molecule has 2 aromatic rings. The zero-order chi connectivity index (χ0) is 19.2. The number of nitrogens with one attached hydrogen (secondary N) is 1. The Morgan fingerprint density at radius 2 is 2.04 bits per heavy atom. The van der Waals surface area contributed by atoms with E-state index in [1.807, 2.05) is 0 Å². The van der Waals surface area contributed by atoms with Crippen LogP contribution in [0.2, 0.25) is 0 Å². The summed E-state index contributed by atoms with van der Waals surface area (Å²) >= 11 is 0. The van der Waals surface area contributed by atoms with E-state index in [4.69, 9.17) is 4.74 Å². The number of rotatable bonds is 4. The first-order valence-corrected chi connectivity index (χ1v) is 8.87. The third-order valence-corrected chi connectivity index (χ3v) is 5.36. The molecule has 0 aliphatic carbocycles. The predicted molar refractivity (Wildman–Crippen MR) is 94.4 cm³/mol. The molecule has 2 aliphatic rings. The van der Waals surface area contributed by atoms with E-state index >= 15 is 0 Å². The Morgan fingerprint density at radius 1 is 1.30 bits per heavy atom. The molecule has 27 heavy (non-hydrogen) atoms. The van der Waals surface area contributed by atoms with Gasteiger partial charge in [0.2, 0.25) is 5.91 Å². The van der Waals surface area contributed by atoms with Crippen LogP contribution in [-0.2, 0) is 15.5 Å². The van der Waals surface area contributed by atoms with Crippen LogP contribution >= 0.6 is 0 Å². The number of aliphatic hydroxyl groups excluding tert-OH is 1. The average molecular weight is 374 g/mol. The third-order valence-electron chi connectivity index (χ3n) is 5.36. The topological polar surface area (TPSA) is 71.5 Å². The first-order chi connectivity index (χ1) is 12.8. The fraction of sp³-hybridized carbons (Fsp3) is 0.400. The number of amides is 1. The summed E-state index contributed by atoms with van der Waals surface area (Å²) < 4.78 is 33.0. The summed E-state index contributed by atoms with van der Waals surface area (Å²) in [6, 6.07) is 9.29. The van der Waals surface area contributed by atoms with Gasteiger partial charge in [-0.1, -0.05) is 12.1 Å². The zero-order valence-electron chi connectivity index (χ0n) is 14.7. The van der Waals surface area contributed by atoms with Crippen LogP contribution in [0.4, 0.5) is 14.5 Å². The normalized spacial score (nSPS) is 29.7. The maximum atomic E-state index is 13.6. The van der Waals surface area contributed by atoms with Gasteiger partial charge in [-0.05, 0) is 29.8 Å². The average Bonchev–Trinajstić information content (AvgIpc) is 3.19. The summed E-state index contributed by atoms with van der Waals surface area (Å²) in [6.45, 7) is 0.818. The number of hydrogen-bond donors (Lipinski definition) is 2. The van der Waals surface area contributed by atoms with Crippen molar-refractivity contribution >= 4 is 11.6 Å². The molecule has 0 saturated carbocycles. The van der Waals surface area contributed by atoms with Gasteiger partial charge in [-0.3, -0.25) is 9.78 Å². The maximum absolute atomic E-state index is 13.6. The molecule has 3 heterocycles. The van der Waals surface area contributed by atoms with E-state index in [0.29, 0.717) is 12.1 Å². The largest absolute Gasteiger partial charge is 0.390 e. The number of carbonyl (C=O) groups is 1. The molecule has 142 valence electrons. The van der Waals surface area contributed by atoms with Crippen LogP contribution in [0.25, 0.3) is 0 Å². The lowest BCUT2D eigenvalue weighted by Crippen LogP contribution is -2.41. The molecular weight excluding hydrogens is 354 g/mol. The van der Waals surface area contributed by atoms with Crippen LogP contribution in [0.5, 0.6) is 0 Å². The number of fused-ring (bicyclic) bond motifs is 2. The van der Waals surface area contributed by atoms with Gasteiger partial charge in [-0.2, -0.15) is 0 Å². The summed E-state index contributed by atoms with van der Waals surface area (Å²) in [6.07, 6.45) is 2.17. The summed E-state index contributed by atoms with van der Waals surface area (Å²) in [5.74, 6) is -4.10. The smallest absolute Gasteiger partial charge is 0.270 e. The number of ether oxygens (including phenoxy) is 1. The van der Waals surface area contributed by atoms with Gasteiger partial charge in [0.25, 0.3) is 5.92 Å². The number of hydrogen-bond acceptors (Lipinski definition) is 4. The van der Waals surface area contributed by atoms with E-state index in [2.05, 4.69) is 10.3 Å². The second-order valence-corrected chi connectivity index (χ2v) is 7.23. The molecular formula is C20H20F2N2O3. The van der Waals surface area contributed by atoms with Crippen molar-refractivity contribution in [3.05, 3.63) is 59.9 Å². The second kappa shape index (κ2) is 6.65. The van der Waals surface area contributed by atoms with Crippen molar-refractivity contribution in [1.82, 2.24) is 4.98 Å². The Bertz CT molecular complexity index is 841. The van der Waals surface area contributed by atoms with Crippen LogP contribution in [0, 0.1) is 5.92 Å². The minimum atomic E-state index is -2.99. The van der Waals surface area contributed by atoms with Gasteiger partial charge in [0.15, 0.2) is 0 Å². The van der Waals surface area contributed by atoms with Crippen molar-refractivity contribution in [2.75, 3.05) is 5.32 Å². The van der Waals surface area contributed by atoms with Crippen LogP contribution in [0.15, 0.2) is 48.8 Å². The highest BCUT2D eigenvalue weighted by Gasteiger charge is 2.56. The van der Waals surface area contributed by atoms with Crippen LogP contribution in [0.3, 0.4) is 0 Å². The van der Waals surface area contributed by atoms with E-state index in [-0.39, 0.29) is 17.4 Å². The van der Waals surface area contributed by atoms with Crippen molar-refractivity contribution in [2.24, 2.45) is 5.92 Å². The van der Waals surface area contributed by atoms with Crippen molar-refractivity contribution in [3.63, 3.8) is 0 Å². The molecule has 1 aromatic heterocycles. The van der Waals surface area contributed by atoms with E-state index in [0.717, 1.165) is 12.5 Å². The lowest BCUT2D eigenvalue weighted by atomic mass is 9.74. The summed E-state index contributed by atoms with van der Waals surface area (Å²) in [5.41, 5.74) is 1.02. The van der Waals surface area contributed by atoms with E-state index in [9.17, 15) is 18.7 Å². The molecule has 0 unspecified atom stereocenters. The molecule has 7 heteroatoms. The quantitative estimate of drug-likeness (QED) is 0.863. The monoisotopic (exact) mass is 374 g/mol. The number of carbonyl (C=O) groups excluding carboxylic acids is 1. The molecule has 2 N–H and O–H groups in total.